The standard InChI is InChI=1S/C35H46N8O16P2/c1-5-54-32(46)21-12-19-11-20-18(2)14-35(3,4)43(22(20)13-23(19)57-33(21)47)10-6-7-25(44)37-8-9-38-34(48)58-28-27(45)24(15-55-61(52,53)59-60(49,50)51)56-31(28)42-17-41-26-29(36)39-16-40-30(26)42/h11-13,16-18,24,27-28,31,45H,5-10,14-15H2,1-4H3,(H,37,44)(H,38,48)(H,52,53)(H2,36,39,40)(H2,49,50,51)/t18?,24-,27-,28-,31-/m1/s1. The molecule has 61 heavy (non-hydrogen) atoms. The highest BCUT2D eigenvalue weighted by atomic mass is 31.3. The van der Waals surface area contributed by atoms with Gasteiger partial charge in [-0.15, -0.1) is 0 Å². The van der Waals surface area contributed by atoms with Crippen LogP contribution in [0.4, 0.5) is 16.3 Å². The molecule has 0 aliphatic carbocycles. The summed E-state index contributed by atoms with van der Waals surface area (Å²) in [6.45, 7) is 7.48. The number of carbonyl (C=O) groups excluding carboxylic acids is 3. The van der Waals surface area contributed by atoms with Gasteiger partial charge in [-0.05, 0) is 57.2 Å². The van der Waals surface area contributed by atoms with Gasteiger partial charge in [0.25, 0.3) is 0 Å². The lowest BCUT2D eigenvalue weighted by Crippen LogP contribution is -2.49. The first-order chi connectivity index (χ1) is 28.7. The fraction of sp³-hybridized carbons (Fsp3) is 0.514. The molecule has 0 radical (unpaired) electrons. The van der Waals surface area contributed by atoms with Crippen molar-refractivity contribution in [1.82, 2.24) is 30.2 Å². The Labute approximate surface area is 346 Å². The van der Waals surface area contributed by atoms with Crippen molar-refractivity contribution >= 4 is 67.3 Å². The third-order valence-corrected chi connectivity index (χ3v) is 12.2. The second kappa shape index (κ2) is 18.1. The number of nitrogen functional groups attached to an aromatic ring is 1. The zero-order valence-corrected chi connectivity index (χ0v) is 35.1. The summed E-state index contributed by atoms with van der Waals surface area (Å²) in [5.41, 5.74) is 7.01. The van der Waals surface area contributed by atoms with Crippen molar-refractivity contribution in [2.24, 2.45) is 0 Å². The molecule has 24 nitrogen and oxygen atoms in total. The van der Waals surface area contributed by atoms with Gasteiger partial charge in [-0.2, -0.15) is 4.31 Å². The monoisotopic (exact) mass is 896 g/mol. The molecule has 26 heteroatoms. The number of esters is 1. The summed E-state index contributed by atoms with van der Waals surface area (Å²) in [5.74, 6) is -0.908. The second-order valence-corrected chi connectivity index (χ2v) is 17.7. The van der Waals surface area contributed by atoms with E-state index in [9.17, 15) is 38.3 Å². The number of nitrogens with one attached hydrogen (secondary N) is 2. The van der Waals surface area contributed by atoms with Gasteiger partial charge in [0.1, 0.15) is 35.2 Å². The molecule has 5 heterocycles. The van der Waals surface area contributed by atoms with E-state index in [0.29, 0.717) is 23.9 Å². The van der Waals surface area contributed by atoms with Crippen LogP contribution in [0.3, 0.4) is 0 Å². The Bertz CT molecular complexity index is 2460. The van der Waals surface area contributed by atoms with E-state index >= 15 is 0 Å². The molecule has 6 rings (SSSR count). The van der Waals surface area contributed by atoms with E-state index in [0.717, 1.165) is 24.0 Å². The van der Waals surface area contributed by atoms with Gasteiger partial charge in [-0.1, -0.05) is 6.92 Å². The van der Waals surface area contributed by atoms with Crippen LogP contribution in [-0.4, -0.2) is 114 Å². The molecule has 0 spiro atoms. The van der Waals surface area contributed by atoms with Gasteiger partial charge in [0.15, 0.2) is 23.8 Å². The lowest BCUT2D eigenvalue weighted by molar-refractivity contribution is -0.121. The Morgan fingerprint density at radius 1 is 1.08 bits per heavy atom. The number of nitrogens with zero attached hydrogens (tertiary/aromatic N) is 5. The van der Waals surface area contributed by atoms with Gasteiger partial charge < -0.3 is 59.7 Å². The van der Waals surface area contributed by atoms with Crippen molar-refractivity contribution in [3.05, 3.63) is 52.4 Å². The fourth-order valence-corrected chi connectivity index (χ4v) is 9.08. The van der Waals surface area contributed by atoms with Crippen molar-refractivity contribution in [2.75, 3.05) is 43.5 Å². The first kappa shape index (κ1) is 45.5. The van der Waals surface area contributed by atoms with Crippen LogP contribution < -0.4 is 26.9 Å². The van der Waals surface area contributed by atoms with Crippen LogP contribution in [0.15, 0.2) is 40.1 Å². The zero-order chi connectivity index (χ0) is 44.4. The lowest BCUT2D eigenvalue weighted by Gasteiger charge is -2.47. The van der Waals surface area contributed by atoms with E-state index < -0.39 is 64.5 Å². The van der Waals surface area contributed by atoms with Crippen LogP contribution in [0.25, 0.3) is 22.1 Å². The maximum absolute atomic E-state index is 13.0. The molecular formula is C35H46N8O16P2. The minimum atomic E-state index is -5.45. The Morgan fingerprint density at radius 3 is 2.54 bits per heavy atom. The van der Waals surface area contributed by atoms with Gasteiger partial charge in [0, 0.05) is 48.7 Å². The van der Waals surface area contributed by atoms with Gasteiger partial charge in [0.2, 0.25) is 5.91 Å². The largest absolute Gasteiger partial charge is 0.481 e. The maximum atomic E-state index is 13.0. The number of anilines is 2. The van der Waals surface area contributed by atoms with Crippen LogP contribution in [0, 0.1) is 0 Å². The number of fused-ring (bicyclic) bond motifs is 3. The number of imidazole rings is 1. The van der Waals surface area contributed by atoms with Gasteiger partial charge >= 0.3 is 33.3 Å². The molecule has 4 aromatic rings. The van der Waals surface area contributed by atoms with Gasteiger partial charge in [-0.25, -0.2) is 38.5 Å². The second-order valence-electron chi connectivity index (χ2n) is 14.9. The van der Waals surface area contributed by atoms with Crippen molar-refractivity contribution in [3.63, 3.8) is 0 Å². The molecule has 8 N–H and O–H groups in total. The van der Waals surface area contributed by atoms with E-state index in [4.69, 9.17) is 34.1 Å². The molecule has 2 aliphatic heterocycles. The van der Waals surface area contributed by atoms with Crippen LogP contribution in [-0.2, 0) is 37.0 Å². The number of aliphatic hydroxyl groups excluding tert-OH is 1. The van der Waals surface area contributed by atoms with Crippen molar-refractivity contribution < 1.29 is 70.8 Å². The summed E-state index contributed by atoms with van der Waals surface area (Å²) in [6, 6.07) is 5.18. The van der Waals surface area contributed by atoms with Crippen LogP contribution in [0.1, 0.15) is 75.0 Å². The number of hydrogen-bond donors (Lipinski definition) is 7. The number of carbonyl (C=O) groups is 3. The summed E-state index contributed by atoms with van der Waals surface area (Å²) in [4.78, 5) is 92.6. The number of hydrogen-bond acceptors (Lipinski definition) is 18. The zero-order valence-electron chi connectivity index (χ0n) is 33.3. The molecule has 1 aromatic carbocycles. The summed E-state index contributed by atoms with van der Waals surface area (Å²) < 4.78 is 54.6. The normalized spacial score (nSPS) is 22.1. The van der Waals surface area contributed by atoms with E-state index in [-0.39, 0.29) is 66.0 Å². The predicted octanol–water partition coefficient (Wildman–Crippen LogP) is 1.96. The topological polar surface area (TPSA) is 340 Å². The molecule has 6 atom stereocenters. The molecular weight excluding hydrogens is 850 g/mol. The molecule has 0 bridgehead atoms. The first-order valence-electron chi connectivity index (χ1n) is 19.0. The SMILES string of the molecule is CCOC(=O)c1cc2cc3c(cc2oc1=O)N(CCCC(=O)NCCNC(=O)O[C@@H]1[C@H](O)[C@@H](COP(=O)(O)OP(=O)(O)O)O[C@H]1n1cnc2c(N)ncnc21)C(C)(C)CC3C. The smallest absolute Gasteiger partial charge is 0.462 e. The highest BCUT2D eigenvalue weighted by Gasteiger charge is 2.49. The number of aromatic nitrogens is 4. The van der Waals surface area contributed by atoms with Gasteiger partial charge in [-0.3, -0.25) is 13.9 Å². The van der Waals surface area contributed by atoms with Crippen molar-refractivity contribution in [1.29, 1.82) is 0 Å². The summed E-state index contributed by atoms with van der Waals surface area (Å²) in [6.07, 6.45) is -3.51. The van der Waals surface area contributed by atoms with Gasteiger partial charge in [0.05, 0.1) is 19.5 Å². The number of nitrogens with two attached hydrogens (primary N) is 1. The highest BCUT2D eigenvalue weighted by molar-refractivity contribution is 7.60. The van der Waals surface area contributed by atoms with Crippen molar-refractivity contribution in [2.45, 2.75) is 83.0 Å². The minimum absolute atomic E-state index is 0.000375. The molecule has 1 saturated heterocycles. The third kappa shape index (κ3) is 10.5. The number of aliphatic hydroxyl groups is 1. The number of alkyl carbamates (subject to hydrolysis) is 1. The Kier molecular flexibility index (Phi) is 13.5. The Hall–Kier alpha value is -5.03. The van der Waals surface area contributed by atoms with E-state index in [1.165, 1.54) is 17.0 Å². The van der Waals surface area contributed by atoms with Crippen LogP contribution >= 0.6 is 15.6 Å². The number of amides is 2. The maximum Gasteiger partial charge on any atom is 0.481 e. The fourth-order valence-electron chi connectivity index (χ4n) is 7.48. The number of rotatable bonds is 16. The van der Waals surface area contributed by atoms with E-state index in [1.54, 1.807) is 13.0 Å². The lowest BCUT2D eigenvalue weighted by atomic mass is 9.79. The summed E-state index contributed by atoms with van der Waals surface area (Å²) >= 11 is 0. The molecule has 332 valence electrons. The average molecular weight is 897 g/mol. The van der Waals surface area contributed by atoms with Crippen LogP contribution in [0.2, 0.25) is 0 Å². The molecule has 0 saturated carbocycles. The Balaban J connectivity index is 1.03. The predicted molar refractivity (Wildman–Crippen MR) is 212 cm³/mol. The third-order valence-electron chi connectivity index (χ3n) is 10.1. The number of phosphoric acid groups is 2. The molecule has 1 fully saturated rings. The number of phosphoric ester groups is 1. The van der Waals surface area contributed by atoms with E-state index in [2.05, 4.69) is 60.1 Å². The van der Waals surface area contributed by atoms with Crippen LogP contribution in [0.5, 0.6) is 0 Å². The Morgan fingerprint density at radius 2 is 1.82 bits per heavy atom. The molecule has 3 aromatic heterocycles. The number of ether oxygens (including phenoxy) is 3. The molecule has 2 amide bonds. The van der Waals surface area contributed by atoms with Crippen molar-refractivity contribution in [3.8, 4) is 0 Å². The quantitative estimate of drug-likeness (QED) is 0.0366. The molecule has 2 aliphatic rings. The first-order valence-corrected chi connectivity index (χ1v) is 22.0. The summed E-state index contributed by atoms with van der Waals surface area (Å²) in [5, 5.41) is 16.9. The average Bonchev–Trinajstić information content (AvgIpc) is 3.73. The summed E-state index contributed by atoms with van der Waals surface area (Å²) in [7, 11) is -10.8. The van der Waals surface area contributed by atoms with E-state index in [1.807, 2.05) is 6.07 Å². The number of benzene rings is 1. The highest BCUT2D eigenvalue weighted by Crippen LogP contribution is 2.58. The minimum Gasteiger partial charge on any atom is -0.462 e. The molecule has 2 unspecified atom stereocenters.